The van der Waals surface area contributed by atoms with E-state index in [-0.39, 0.29) is 24.7 Å². The van der Waals surface area contributed by atoms with E-state index in [2.05, 4.69) is 4.99 Å². The molecule has 8 heteroatoms. The zero-order valence-corrected chi connectivity index (χ0v) is 15.0. The fraction of sp³-hybridized carbons (Fsp3) is 0.167. The number of carbonyl (C=O) groups excluding carboxylic acids is 1. The Labute approximate surface area is 158 Å². The molecule has 0 spiro atoms. The van der Waals surface area contributed by atoms with Crippen molar-refractivity contribution < 1.29 is 19.1 Å². The Balaban J connectivity index is 1.89. The van der Waals surface area contributed by atoms with Crippen molar-refractivity contribution in [2.75, 3.05) is 0 Å². The fourth-order valence-electron chi connectivity index (χ4n) is 2.43. The molecule has 1 amide bonds. The monoisotopic (exact) mass is 392 g/mol. The minimum absolute atomic E-state index is 0.249. The van der Waals surface area contributed by atoms with Gasteiger partial charge in [-0.15, -0.1) is 0 Å². The molecule has 0 saturated carbocycles. The summed E-state index contributed by atoms with van der Waals surface area (Å²) in [7, 11) is 0. The van der Waals surface area contributed by atoms with E-state index < -0.39 is 11.2 Å². The number of halogens is 2. The highest BCUT2D eigenvalue weighted by Gasteiger charge is 2.39. The largest absolute Gasteiger partial charge is 0.481 e. The lowest BCUT2D eigenvalue weighted by atomic mass is 10.2. The second-order valence-electron chi connectivity index (χ2n) is 5.63. The van der Waals surface area contributed by atoms with Gasteiger partial charge in [0.1, 0.15) is 11.1 Å². The molecule has 1 saturated heterocycles. The summed E-state index contributed by atoms with van der Waals surface area (Å²) < 4.78 is 13.1. The Morgan fingerprint density at radius 2 is 1.85 bits per heavy atom. The zero-order valence-electron chi connectivity index (χ0n) is 13.4. The van der Waals surface area contributed by atoms with Crippen LogP contribution in [0.3, 0.4) is 0 Å². The third kappa shape index (κ3) is 4.42. The molecule has 0 aromatic heterocycles. The number of nitrogens with zero attached hydrogens (tertiary/aromatic N) is 2. The van der Waals surface area contributed by atoms with Crippen LogP contribution in [0.1, 0.15) is 12.0 Å². The molecule has 134 valence electrons. The lowest BCUT2D eigenvalue weighted by Crippen LogP contribution is -2.32. The summed E-state index contributed by atoms with van der Waals surface area (Å²) in [5.74, 6) is -1.75. The number of carboxylic acid groups (broad SMARTS) is 1. The molecular weight excluding hydrogens is 379 g/mol. The summed E-state index contributed by atoms with van der Waals surface area (Å²) in [5.41, 5.74) is 1.32. The molecule has 1 heterocycles. The van der Waals surface area contributed by atoms with Crippen molar-refractivity contribution >= 4 is 46.1 Å². The van der Waals surface area contributed by atoms with Crippen LogP contribution in [0.25, 0.3) is 0 Å². The van der Waals surface area contributed by atoms with E-state index >= 15 is 0 Å². The van der Waals surface area contributed by atoms with Crippen LogP contribution in [0.15, 0.2) is 53.5 Å². The second-order valence-corrected chi connectivity index (χ2v) is 7.23. The van der Waals surface area contributed by atoms with Crippen LogP contribution in [-0.4, -0.2) is 32.3 Å². The van der Waals surface area contributed by atoms with E-state index in [4.69, 9.17) is 16.7 Å². The van der Waals surface area contributed by atoms with E-state index in [1.54, 1.807) is 24.3 Å². The molecule has 1 fully saturated rings. The lowest BCUT2D eigenvalue weighted by molar-refractivity contribution is -0.139. The molecule has 0 radical (unpaired) electrons. The molecule has 3 rings (SSSR count). The number of benzene rings is 2. The lowest BCUT2D eigenvalue weighted by Gasteiger charge is -2.16. The molecule has 26 heavy (non-hydrogen) atoms. The summed E-state index contributed by atoms with van der Waals surface area (Å²) in [4.78, 5) is 29.5. The van der Waals surface area contributed by atoms with Gasteiger partial charge in [-0.3, -0.25) is 14.5 Å². The minimum atomic E-state index is -1.05. The topological polar surface area (TPSA) is 70.0 Å². The van der Waals surface area contributed by atoms with E-state index in [9.17, 15) is 14.0 Å². The Bertz CT molecular complexity index is 856. The summed E-state index contributed by atoms with van der Waals surface area (Å²) >= 11 is 6.98. The number of aliphatic carboxylic acids is 1. The van der Waals surface area contributed by atoms with Gasteiger partial charge in [-0.2, -0.15) is 0 Å². The molecule has 1 N–H and O–H groups in total. The number of thioether (sulfide) groups is 1. The molecule has 1 atom stereocenters. The number of rotatable bonds is 5. The van der Waals surface area contributed by atoms with Crippen LogP contribution in [-0.2, 0) is 16.1 Å². The normalized spacial score (nSPS) is 18.5. The molecule has 0 bridgehead atoms. The highest BCUT2D eigenvalue weighted by Crippen LogP contribution is 2.33. The Hall–Kier alpha value is -2.38. The molecule has 2 aromatic rings. The van der Waals surface area contributed by atoms with Crippen LogP contribution in [0.2, 0.25) is 5.02 Å². The first-order chi connectivity index (χ1) is 12.4. The highest BCUT2D eigenvalue weighted by atomic mass is 35.5. The maximum atomic E-state index is 13.1. The average molecular weight is 393 g/mol. The zero-order chi connectivity index (χ0) is 18.7. The highest BCUT2D eigenvalue weighted by molar-refractivity contribution is 8.15. The van der Waals surface area contributed by atoms with Crippen molar-refractivity contribution in [1.29, 1.82) is 0 Å². The van der Waals surface area contributed by atoms with E-state index in [0.29, 0.717) is 15.9 Å². The van der Waals surface area contributed by atoms with Gasteiger partial charge in [0.2, 0.25) is 5.91 Å². The van der Waals surface area contributed by atoms with Gasteiger partial charge < -0.3 is 5.11 Å². The summed E-state index contributed by atoms with van der Waals surface area (Å²) in [6.45, 7) is 0.249. The van der Waals surface area contributed by atoms with Crippen molar-refractivity contribution in [3.8, 4) is 0 Å². The van der Waals surface area contributed by atoms with E-state index in [1.807, 2.05) is 0 Å². The van der Waals surface area contributed by atoms with Crippen LogP contribution < -0.4 is 0 Å². The van der Waals surface area contributed by atoms with Crippen LogP contribution >= 0.6 is 23.4 Å². The van der Waals surface area contributed by atoms with Crippen LogP contribution in [0.5, 0.6) is 0 Å². The molecule has 1 unspecified atom stereocenters. The second kappa shape index (κ2) is 7.88. The number of carbonyl (C=O) groups is 2. The summed E-state index contributed by atoms with van der Waals surface area (Å²) in [6, 6.07) is 12.6. The number of carboxylic acids is 1. The number of amides is 1. The molecule has 1 aliphatic heterocycles. The first-order valence-corrected chi connectivity index (χ1v) is 8.96. The van der Waals surface area contributed by atoms with E-state index in [1.165, 1.54) is 29.2 Å². The van der Waals surface area contributed by atoms with Gasteiger partial charge in [0.25, 0.3) is 0 Å². The van der Waals surface area contributed by atoms with Gasteiger partial charge in [0.05, 0.1) is 18.7 Å². The fourth-order valence-corrected chi connectivity index (χ4v) is 3.70. The molecule has 2 aromatic carbocycles. The third-order valence-electron chi connectivity index (χ3n) is 3.69. The van der Waals surface area contributed by atoms with Crippen molar-refractivity contribution in [3.63, 3.8) is 0 Å². The Kier molecular flexibility index (Phi) is 5.58. The molecule has 5 nitrogen and oxygen atoms in total. The van der Waals surface area contributed by atoms with Gasteiger partial charge in [0.15, 0.2) is 5.17 Å². The molecule has 1 aliphatic rings. The van der Waals surface area contributed by atoms with Crippen LogP contribution in [0, 0.1) is 5.82 Å². The van der Waals surface area contributed by atoms with Gasteiger partial charge in [0, 0.05) is 5.02 Å². The standard InChI is InChI=1S/C18H14ClFN2O3S/c19-12-3-1-11(2-4-12)10-22-17(25)15(9-16(23)24)26-18(22)21-14-7-5-13(20)6-8-14/h1-8,15H,9-10H2,(H,23,24). The predicted octanol–water partition coefficient (Wildman–Crippen LogP) is 4.09. The Morgan fingerprint density at radius 1 is 1.19 bits per heavy atom. The number of hydrogen-bond donors (Lipinski definition) is 1. The maximum Gasteiger partial charge on any atom is 0.305 e. The van der Waals surface area contributed by atoms with E-state index in [0.717, 1.165) is 17.3 Å². The third-order valence-corrected chi connectivity index (χ3v) is 5.11. The van der Waals surface area contributed by atoms with Gasteiger partial charge in [-0.1, -0.05) is 35.5 Å². The quantitative estimate of drug-likeness (QED) is 0.832. The molecular formula is C18H14ClFN2O3S. The van der Waals surface area contributed by atoms with Gasteiger partial charge >= 0.3 is 5.97 Å². The first-order valence-electron chi connectivity index (χ1n) is 7.71. The molecule has 0 aliphatic carbocycles. The smallest absolute Gasteiger partial charge is 0.305 e. The predicted molar refractivity (Wildman–Crippen MR) is 99.1 cm³/mol. The average Bonchev–Trinajstić information content (AvgIpc) is 2.87. The minimum Gasteiger partial charge on any atom is -0.481 e. The maximum absolute atomic E-state index is 13.1. The van der Waals surface area contributed by atoms with Crippen LogP contribution in [0.4, 0.5) is 10.1 Å². The van der Waals surface area contributed by atoms with Crippen molar-refractivity contribution in [3.05, 3.63) is 64.9 Å². The summed E-state index contributed by atoms with van der Waals surface area (Å²) in [6.07, 6.45) is -0.289. The summed E-state index contributed by atoms with van der Waals surface area (Å²) in [5, 5.41) is 9.26. The number of hydrogen-bond acceptors (Lipinski definition) is 4. The number of aliphatic imine (C=N–C) groups is 1. The number of amidine groups is 1. The van der Waals surface area contributed by atoms with Gasteiger partial charge in [-0.25, -0.2) is 9.38 Å². The van der Waals surface area contributed by atoms with Gasteiger partial charge in [-0.05, 0) is 42.0 Å². The van der Waals surface area contributed by atoms with Crippen molar-refractivity contribution in [2.45, 2.75) is 18.2 Å². The van der Waals surface area contributed by atoms with Crippen molar-refractivity contribution in [2.24, 2.45) is 4.99 Å². The SMILES string of the molecule is O=C(O)CC1SC(=Nc2ccc(F)cc2)N(Cc2ccc(Cl)cc2)C1=O. The Morgan fingerprint density at radius 3 is 2.46 bits per heavy atom. The first kappa shape index (κ1) is 18.4. The van der Waals surface area contributed by atoms with Crippen molar-refractivity contribution in [1.82, 2.24) is 4.90 Å².